The first kappa shape index (κ1) is 15.3. The van der Waals surface area contributed by atoms with Gasteiger partial charge in [-0.15, -0.1) is 0 Å². The average Bonchev–Trinajstić information content (AvgIpc) is 2.41. The fraction of sp³-hybridized carbons (Fsp3) is 0.571. The van der Waals surface area contributed by atoms with Crippen LogP contribution in [0.2, 0.25) is 0 Å². The first-order chi connectivity index (χ1) is 9.27. The van der Waals surface area contributed by atoms with E-state index in [-0.39, 0.29) is 5.54 Å². The van der Waals surface area contributed by atoms with Crippen LogP contribution in [0.3, 0.4) is 0 Å². The van der Waals surface area contributed by atoms with Gasteiger partial charge in [0.15, 0.2) is 0 Å². The standard InChI is InChI=1S/C14H23N3O2S/c1-14(2)11-17(10-9-16(14)4)20(18,19)13-7-5-12(15-3)6-8-13/h5-8,15H,9-11H2,1-4H3. The van der Waals surface area contributed by atoms with Gasteiger partial charge in [0, 0.05) is 37.9 Å². The van der Waals surface area contributed by atoms with Crippen LogP contribution in [0, 0.1) is 0 Å². The molecule has 0 spiro atoms. The van der Waals surface area contributed by atoms with Crippen molar-refractivity contribution in [2.75, 3.05) is 39.0 Å². The molecule has 0 aliphatic carbocycles. The molecule has 0 bridgehead atoms. The van der Waals surface area contributed by atoms with E-state index in [1.165, 1.54) is 0 Å². The number of hydrogen-bond acceptors (Lipinski definition) is 4. The van der Waals surface area contributed by atoms with E-state index in [1.54, 1.807) is 28.6 Å². The van der Waals surface area contributed by atoms with E-state index in [1.807, 2.05) is 14.1 Å². The van der Waals surface area contributed by atoms with E-state index < -0.39 is 10.0 Å². The maximum Gasteiger partial charge on any atom is 0.243 e. The third-order valence-electron chi connectivity index (χ3n) is 4.06. The predicted molar refractivity (Wildman–Crippen MR) is 81.5 cm³/mol. The molecule has 1 fully saturated rings. The predicted octanol–water partition coefficient (Wildman–Crippen LogP) is 1.44. The Hall–Kier alpha value is -1.11. The summed E-state index contributed by atoms with van der Waals surface area (Å²) in [6.45, 7) is 5.94. The summed E-state index contributed by atoms with van der Waals surface area (Å²) in [4.78, 5) is 2.56. The number of piperazine rings is 1. The van der Waals surface area contributed by atoms with Crippen molar-refractivity contribution in [1.29, 1.82) is 0 Å². The molecule has 6 heteroatoms. The Morgan fingerprint density at radius 2 is 1.75 bits per heavy atom. The average molecular weight is 297 g/mol. The molecule has 1 aliphatic heterocycles. The Kier molecular flexibility index (Phi) is 4.09. The van der Waals surface area contributed by atoms with E-state index in [2.05, 4.69) is 24.1 Å². The lowest BCUT2D eigenvalue weighted by Crippen LogP contribution is -2.58. The number of rotatable bonds is 3. The summed E-state index contributed by atoms with van der Waals surface area (Å²) in [5, 5.41) is 2.99. The SMILES string of the molecule is CNc1ccc(S(=O)(=O)N2CCN(C)C(C)(C)C2)cc1. The first-order valence-electron chi connectivity index (χ1n) is 6.76. The largest absolute Gasteiger partial charge is 0.388 e. The van der Waals surface area contributed by atoms with E-state index >= 15 is 0 Å². The highest BCUT2D eigenvalue weighted by molar-refractivity contribution is 7.89. The monoisotopic (exact) mass is 297 g/mol. The van der Waals surface area contributed by atoms with E-state index in [4.69, 9.17) is 0 Å². The van der Waals surface area contributed by atoms with Crippen LogP contribution >= 0.6 is 0 Å². The van der Waals surface area contributed by atoms with Gasteiger partial charge in [-0.2, -0.15) is 4.31 Å². The molecule has 20 heavy (non-hydrogen) atoms. The Morgan fingerprint density at radius 3 is 2.25 bits per heavy atom. The van der Waals surface area contributed by atoms with Crippen molar-refractivity contribution in [3.63, 3.8) is 0 Å². The zero-order valence-corrected chi connectivity index (χ0v) is 13.4. The van der Waals surface area contributed by atoms with Crippen LogP contribution in [0.1, 0.15) is 13.8 Å². The smallest absolute Gasteiger partial charge is 0.243 e. The van der Waals surface area contributed by atoms with Crippen molar-refractivity contribution in [3.05, 3.63) is 24.3 Å². The van der Waals surface area contributed by atoms with Crippen LogP contribution in [-0.2, 0) is 10.0 Å². The number of benzene rings is 1. The molecule has 0 amide bonds. The minimum atomic E-state index is -3.40. The molecule has 0 aromatic heterocycles. The van der Waals surface area contributed by atoms with E-state index in [9.17, 15) is 8.42 Å². The molecule has 5 nitrogen and oxygen atoms in total. The first-order valence-corrected chi connectivity index (χ1v) is 8.20. The summed E-state index contributed by atoms with van der Waals surface area (Å²) in [6, 6.07) is 6.89. The van der Waals surface area contributed by atoms with Gasteiger partial charge in [0.1, 0.15) is 0 Å². The molecule has 1 saturated heterocycles. The topological polar surface area (TPSA) is 52.7 Å². The summed E-state index contributed by atoms with van der Waals surface area (Å²) in [5.74, 6) is 0. The molecule has 1 aromatic carbocycles. The van der Waals surface area contributed by atoms with Gasteiger partial charge >= 0.3 is 0 Å². The maximum atomic E-state index is 12.7. The summed E-state index contributed by atoms with van der Waals surface area (Å²) in [5.41, 5.74) is 0.763. The molecule has 1 aromatic rings. The minimum absolute atomic E-state index is 0.143. The summed E-state index contributed by atoms with van der Waals surface area (Å²) < 4.78 is 26.9. The third kappa shape index (κ3) is 2.82. The molecular formula is C14H23N3O2S. The molecule has 2 rings (SSSR count). The summed E-state index contributed by atoms with van der Waals surface area (Å²) >= 11 is 0. The lowest BCUT2D eigenvalue weighted by Gasteiger charge is -2.44. The number of hydrogen-bond donors (Lipinski definition) is 1. The zero-order valence-electron chi connectivity index (χ0n) is 12.5. The molecule has 0 atom stereocenters. The van der Waals surface area contributed by atoms with Gasteiger partial charge in [-0.3, -0.25) is 4.90 Å². The van der Waals surface area contributed by atoms with Crippen LogP contribution in [0.25, 0.3) is 0 Å². The van der Waals surface area contributed by atoms with Crippen LogP contribution in [0.5, 0.6) is 0 Å². The van der Waals surface area contributed by atoms with Gasteiger partial charge in [0.05, 0.1) is 4.90 Å². The van der Waals surface area contributed by atoms with Crippen molar-refractivity contribution in [2.45, 2.75) is 24.3 Å². The summed E-state index contributed by atoms with van der Waals surface area (Å²) in [7, 11) is 0.443. The second-order valence-corrected chi connectivity index (χ2v) is 7.78. The number of anilines is 1. The lowest BCUT2D eigenvalue weighted by molar-refractivity contribution is 0.0801. The molecule has 0 unspecified atom stereocenters. The Balaban J connectivity index is 2.26. The summed E-state index contributed by atoms with van der Waals surface area (Å²) in [6.07, 6.45) is 0. The molecule has 1 heterocycles. The van der Waals surface area contributed by atoms with Gasteiger partial charge in [-0.25, -0.2) is 8.42 Å². The van der Waals surface area contributed by atoms with Gasteiger partial charge in [0.2, 0.25) is 10.0 Å². The van der Waals surface area contributed by atoms with Crippen molar-refractivity contribution in [2.24, 2.45) is 0 Å². The number of sulfonamides is 1. The van der Waals surface area contributed by atoms with E-state index in [0.29, 0.717) is 18.0 Å². The van der Waals surface area contributed by atoms with Crippen LogP contribution in [-0.4, -0.2) is 56.9 Å². The fourth-order valence-corrected chi connectivity index (χ4v) is 3.93. The fourth-order valence-electron chi connectivity index (χ4n) is 2.34. The quantitative estimate of drug-likeness (QED) is 0.917. The number of nitrogens with zero attached hydrogens (tertiary/aromatic N) is 2. The Bertz CT molecular complexity index is 567. The highest BCUT2D eigenvalue weighted by Gasteiger charge is 2.37. The molecular weight excluding hydrogens is 274 g/mol. The van der Waals surface area contributed by atoms with Crippen molar-refractivity contribution in [3.8, 4) is 0 Å². The van der Waals surface area contributed by atoms with Crippen LogP contribution in [0.4, 0.5) is 5.69 Å². The van der Waals surface area contributed by atoms with Gasteiger partial charge in [-0.05, 0) is 45.2 Å². The molecule has 1 aliphatic rings. The van der Waals surface area contributed by atoms with E-state index in [0.717, 1.165) is 12.2 Å². The minimum Gasteiger partial charge on any atom is -0.388 e. The van der Waals surface area contributed by atoms with Crippen LogP contribution in [0.15, 0.2) is 29.2 Å². The number of likely N-dealkylation sites (N-methyl/N-ethyl adjacent to an activating group) is 1. The highest BCUT2D eigenvalue weighted by atomic mass is 32.2. The lowest BCUT2D eigenvalue weighted by atomic mass is 10.0. The van der Waals surface area contributed by atoms with Crippen molar-refractivity contribution >= 4 is 15.7 Å². The molecule has 0 saturated carbocycles. The van der Waals surface area contributed by atoms with Gasteiger partial charge < -0.3 is 5.32 Å². The molecule has 112 valence electrons. The Labute approximate surface area is 121 Å². The molecule has 1 N–H and O–H groups in total. The zero-order chi connectivity index (χ0) is 15.0. The van der Waals surface area contributed by atoms with Crippen LogP contribution < -0.4 is 5.32 Å². The third-order valence-corrected chi connectivity index (χ3v) is 5.92. The Morgan fingerprint density at radius 1 is 1.15 bits per heavy atom. The normalized spacial score (nSPS) is 20.8. The second kappa shape index (κ2) is 5.35. The van der Waals surface area contributed by atoms with Gasteiger partial charge in [0.25, 0.3) is 0 Å². The molecule has 0 radical (unpaired) electrons. The maximum absolute atomic E-state index is 12.7. The number of nitrogens with one attached hydrogen (secondary N) is 1. The second-order valence-electron chi connectivity index (χ2n) is 5.85. The van der Waals surface area contributed by atoms with Crippen molar-refractivity contribution in [1.82, 2.24) is 9.21 Å². The highest BCUT2D eigenvalue weighted by Crippen LogP contribution is 2.25. The van der Waals surface area contributed by atoms with Crippen molar-refractivity contribution < 1.29 is 8.42 Å². The van der Waals surface area contributed by atoms with Gasteiger partial charge in [-0.1, -0.05) is 0 Å².